The number of aliphatic carboxylic acids is 1. The van der Waals surface area contributed by atoms with Crippen molar-refractivity contribution in [2.24, 2.45) is 0 Å². The molecule has 0 saturated heterocycles. The first-order valence-electron chi connectivity index (χ1n) is 5.95. The SMILES string of the molecule is CCOc1ccc(OCC=C(CC)C(=O)O)cc1. The quantitative estimate of drug-likeness (QED) is 0.756. The maximum absolute atomic E-state index is 10.7. The third kappa shape index (κ3) is 4.49. The molecule has 0 fully saturated rings. The molecule has 0 atom stereocenters. The van der Waals surface area contributed by atoms with Crippen molar-refractivity contribution in [3.05, 3.63) is 35.9 Å². The highest BCUT2D eigenvalue weighted by Gasteiger charge is 2.03. The van der Waals surface area contributed by atoms with Gasteiger partial charge < -0.3 is 14.6 Å². The number of rotatable bonds is 7. The topological polar surface area (TPSA) is 55.8 Å². The first kappa shape index (κ1) is 14.1. The zero-order valence-electron chi connectivity index (χ0n) is 10.7. The number of carbonyl (C=O) groups is 1. The van der Waals surface area contributed by atoms with Crippen molar-refractivity contribution in [3.8, 4) is 11.5 Å². The first-order valence-corrected chi connectivity index (χ1v) is 5.95. The van der Waals surface area contributed by atoms with E-state index < -0.39 is 5.97 Å². The van der Waals surface area contributed by atoms with E-state index in [2.05, 4.69) is 0 Å². The monoisotopic (exact) mass is 250 g/mol. The minimum Gasteiger partial charge on any atom is -0.494 e. The van der Waals surface area contributed by atoms with Crippen LogP contribution in [0.1, 0.15) is 20.3 Å². The van der Waals surface area contributed by atoms with Gasteiger partial charge in [0.05, 0.1) is 6.61 Å². The maximum Gasteiger partial charge on any atom is 0.331 e. The second kappa shape index (κ2) is 7.37. The van der Waals surface area contributed by atoms with E-state index in [-0.39, 0.29) is 6.61 Å². The Morgan fingerprint density at radius 2 is 1.72 bits per heavy atom. The smallest absolute Gasteiger partial charge is 0.331 e. The highest BCUT2D eigenvalue weighted by atomic mass is 16.5. The van der Waals surface area contributed by atoms with Crippen LogP contribution in [-0.4, -0.2) is 24.3 Å². The molecule has 0 aromatic heterocycles. The Morgan fingerprint density at radius 1 is 1.17 bits per heavy atom. The van der Waals surface area contributed by atoms with Crippen molar-refractivity contribution < 1.29 is 19.4 Å². The van der Waals surface area contributed by atoms with Gasteiger partial charge in [-0.15, -0.1) is 0 Å². The van der Waals surface area contributed by atoms with Gasteiger partial charge in [0, 0.05) is 5.57 Å². The molecule has 0 unspecified atom stereocenters. The predicted molar refractivity (Wildman–Crippen MR) is 69.1 cm³/mol. The number of benzene rings is 1. The highest BCUT2D eigenvalue weighted by molar-refractivity contribution is 5.86. The van der Waals surface area contributed by atoms with E-state index >= 15 is 0 Å². The van der Waals surface area contributed by atoms with E-state index in [4.69, 9.17) is 14.6 Å². The molecule has 0 amide bonds. The van der Waals surface area contributed by atoms with Crippen LogP contribution in [0.15, 0.2) is 35.9 Å². The molecule has 0 aliphatic carbocycles. The predicted octanol–water partition coefficient (Wildman–Crippen LogP) is 2.89. The van der Waals surface area contributed by atoms with Gasteiger partial charge in [0.2, 0.25) is 0 Å². The molecule has 0 heterocycles. The fraction of sp³-hybridized carbons (Fsp3) is 0.357. The van der Waals surface area contributed by atoms with Crippen LogP contribution in [0.25, 0.3) is 0 Å². The Kier molecular flexibility index (Phi) is 5.77. The molecule has 0 spiro atoms. The molecule has 0 aliphatic heterocycles. The Morgan fingerprint density at radius 3 is 2.17 bits per heavy atom. The Labute approximate surface area is 107 Å². The van der Waals surface area contributed by atoms with Gasteiger partial charge >= 0.3 is 5.97 Å². The lowest BCUT2D eigenvalue weighted by Gasteiger charge is -2.06. The van der Waals surface area contributed by atoms with E-state index in [0.717, 1.165) is 5.75 Å². The van der Waals surface area contributed by atoms with Crippen LogP contribution in [0.3, 0.4) is 0 Å². The third-order valence-corrected chi connectivity index (χ3v) is 2.37. The number of carboxylic acids is 1. The molecule has 4 nitrogen and oxygen atoms in total. The lowest BCUT2D eigenvalue weighted by molar-refractivity contribution is -0.132. The van der Waals surface area contributed by atoms with Gasteiger partial charge in [-0.1, -0.05) is 6.92 Å². The molecule has 1 aromatic carbocycles. The van der Waals surface area contributed by atoms with Gasteiger partial charge in [0.1, 0.15) is 18.1 Å². The molecule has 4 heteroatoms. The van der Waals surface area contributed by atoms with Crippen molar-refractivity contribution in [3.63, 3.8) is 0 Å². The fourth-order valence-corrected chi connectivity index (χ4v) is 1.42. The van der Waals surface area contributed by atoms with Crippen LogP contribution in [-0.2, 0) is 4.79 Å². The molecule has 1 N–H and O–H groups in total. The maximum atomic E-state index is 10.7. The highest BCUT2D eigenvalue weighted by Crippen LogP contribution is 2.17. The van der Waals surface area contributed by atoms with Gasteiger partial charge in [-0.2, -0.15) is 0 Å². The largest absolute Gasteiger partial charge is 0.494 e. The van der Waals surface area contributed by atoms with Crippen molar-refractivity contribution >= 4 is 5.97 Å². The number of hydrogen-bond donors (Lipinski definition) is 1. The van der Waals surface area contributed by atoms with E-state index in [9.17, 15) is 4.79 Å². The lowest BCUT2D eigenvalue weighted by atomic mass is 10.2. The van der Waals surface area contributed by atoms with Crippen molar-refractivity contribution in [1.82, 2.24) is 0 Å². The lowest BCUT2D eigenvalue weighted by Crippen LogP contribution is -2.02. The van der Waals surface area contributed by atoms with Gasteiger partial charge in [-0.3, -0.25) is 0 Å². The molecule has 0 saturated carbocycles. The summed E-state index contributed by atoms with van der Waals surface area (Å²) in [4.78, 5) is 10.7. The summed E-state index contributed by atoms with van der Waals surface area (Å²) in [6.45, 7) is 4.61. The third-order valence-electron chi connectivity index (χ3n) is 2.37. The molecule has 1 aromatic rings. The van der Waals surface area contributed by atoms with E-state index in [1.54, 1.807) is 25.1 Å². The van der Waals surface area contributed by atoms with Gasteiger partial charge in [0.25, 0.3) is 0 Å². The molecular formula is C14H18O4. The molecule has 18 heavy (non-hydrogen) atoms. The van der Waals surface area contributed by atoms with Crippen LogP contribution in [0, 0.1) is 0 Å². The number of carboxylic acid groups (broad SMARTS) is 1. The Bertz CT molecular complexity index is 406. The molecule has 0 radical (unpaired) electrons. The number of ether oxygens (including phenoxy) is 2. The Hall–Kier alpha value is -1.97. The van der Waals surface area contributed by atoms with E-state index in [1.165, 1.54) is 0 Å². The first-order chi connectivity index (χ1) is 8.67. The summed E-state index contributed by atoms with van der Waals surface area (Å²) in [5.74, 6) is 0.587. The number of hydrogen-bond acceptors (Lipinski definition) is 3. The summed E-state index contributed by atoms with van der Waals surface area (Å²) in [7, 11) is 0. The fourth-order valence-electron chi connectivity index (χ4n) is 1.42. The van der Waals surface area contributed by atoms with Crippen LogP contribution < -0.4 is 9.47 Å². The zero-order chi connectivity index (χ0) is 13.4. The van der Waals surface area contributed by atoms with Crippen molar-refractivity contribution in [1.29, 1.82) is 0 Å². The summed E-state index contributed by atoms with van der Waals surface area (Å²) >= 11 is 0. The van der Waals surface area contributed by atoms with E-state index in [0.29, 0.717) is 24.4 Å². The van der Waals surface area contributed by atoms with E-state index in [1.807, 2.05) is 19.1 Å². The van der Waals surface area contributed by atoms with Crippen LogP contribution in [0.2, 0.25) is 0 Å². The summed E-state index contributed by atoms with van der Waals surface area (Å²) in [6.07, 6.45) is 2.07. The standard InChI is InChI=1S/C14H18O4/c1-3-11(14(15)16)9-10-18-13-7-5-12(6-8-13)17-4-2/h5-9H,3-4,10H2,1-2H3,(H,15,16). The average Bonchev–Trinajstić information content (AvgIpc) is 2.36. The molecule has 98 valence electrons. The molecule has 0 bridgehead atoms. The molecular weight excluding hydrogens is 232 g/mol. The van der Waals surface area contributed by atoms with Crippen molar-refractivity contribution in [2.45, 2.75) is 20.3 Å². The van der Waals surface area contributed by atoms with Crippen LogP contribution in [0.5, 0.6) is 11.5 Å². The molecule has 1 rings (SSSR count). The summed E-state index contributed by atoms with van der Waals surface area (Å²) in [5.41, 5.74) is 0.362. The normalized spacial score (nSPS) is 11.1. The van der Waals surface area contributed by atoms with Crippen LogP contribution >= 0.6 is 0 Å². The minimum absolute atomic E-state index is 0.253. The summed E-state index contributed by atoms with van der Waals surface area (Å²) in [5, 5.41) is 8.83. The van der Waals surface area contributed by atoms with Gasteiger partial charge in [0.15, 0.2) is 0 Å². The Balaban J connectivity index is 2.51. The molecule has 0 aliphatic rings. The summed E-state index contributed by atoms with van der Waals surface area (Å²) in [6, 6.07) is 7.23. The second-order valence-electron chi connectivity index (χ2n) is 3.60. The van der Waals surface area contributed by atoms with Gasteiger partial charge in [-0.05, 0) is 43.7 Å². The second-order valence-corrected chi connectivity index (χ2v) is 3.60. The summed E-state index contributed by atoms with van der Waals surface area (Å²) < 4.78 is 10.7. The van der Waals surface area contributed by atoms with Crippen molar-refractivity contribution in [2.75, 3.05) is 13.2 Å². The van der Waals surface area contributed by atoms with Gasteiger partial charge in [-0.25, -0.2) is 4.79 Å². The minimum atomic E-state index is -0.896. The average molecular weight is 250 g/mol. The zero-order valence-corrected chi connectivity index (χ0v) is 10.7. The van der Waals surface area contributed by atoms with Crippen LogP contribution in [0.4, 0.5) is 0 Å².